The summed E-state index contributed by atoms with van der Waals surface area (Å²) >= 11 is 3.28. The lowest BCUT2D eigenvalue weighted by Gasteiger charge is -2.27. The van der Waals surface area contributed by atoms with Crippen LogP contribution in [0.2, 0.25) is 0 Å². The average Bonchev–Trinajstić information content (AvgIpc) is 2.48. The Kier molecular flexibility index (Phi) is 5.79. The van der Waals surface area contributed by atoms with Crippen molar-refractivity contribution in [1.82, 2.24) is 4.31 Å². The summed E-state index contributed by atoms with van der Waals surface area (Å²) in [5.74, 6) is 0.235. The molecule has 1 unspecified atom stereocenters. The highest BCUT2D eigenvalue weighted by atomic mass is 79.9. The molecule has 1 aliphatic rings. The van der Waals surface area contributed by atoms with Gasteiger partial charge in [0, 0.05) is 24.7 Å². The van der Waals surface area contributed by atoms with Crippen molar-refractivity contribution >= 4 is 26.0 Å². The summed E-state index contributed by atoms with van der Waals surface area (Å²) < 4.78 is 32.6. The summed E-state index contributed by atoms with van der Waals surface area (Å²) in [6, 6.07) is 4.85. The van der Waals surface area contributed by atoms with E-state index in [1.165, 1.54) is 10.4 Å². The second-order valence-electron chi connectivity index (χ2n) is 5.29. The fraction of sp³-hybridized carbons (Fsp3) is 0.571. The summed E-state index contributed by atoms with van der Waals surface area (Å²) in [6.45, 7) is 1.63. The van der Waals surface area contributed by atoms with Crippen LogP contribution in [-0.4, -0.2) is 44.6 Å². The molecule has 0 spiro atoms. The van der Waals surface area contributed by atoms with Crippen LogP contribution in [0.3, 0.4) is 0 Å². The van der Waals surface area contributed by atoms with Crippen LogP contribution in [0.5, 0.6) is 0 Å². The van der Waals surface area contributed by atoms with Crippen molar-refractivity contribution in [1.29, 1.82) is 0 Å². The van der Waals surface area contributed by atoms with Gasteiger partial charge >= 0.3 is 0 Å². The average molecular weight is 378 g/mol. The Morgan fingerprint density at radius 1 is 1.48 bits per heavy atom. The zero-order chi connectivity index (χ0) is 15.5. The van der Waals surface area contributed by atoms with Gasteiger partial charge in [0.15, 0.2) is 0 Å². The van der Waals surface area contributed by atoms with Crippen LogP contribution in [0.25, 0.3) is 0 Å². The summed E-state index contributed by atoms with van der Waals surface area (Å²) in [5, 5.41) is 9.18. The van der Waals surface area contributed by atoms with E-state index >= 15 is 0 Å². The molecule has 21 heavy (non-hydrogen) atoms. The Labute approximate surface area is 134 Å². The quantitative estimate of drug-likeness (QED) is 0.851. The van der Waals surface area contributed by atoms with Gasteiger partial charge in [0.2, 0.25) is 10.0 Å². The lowest BCUT2D eigenvalue weighted by atomic mass is 10.0. The van der Waals surface area contributed by atoms with E-state index in [1.54, 1.807) is 19.2 Å². The number of aliphatic hydroxyl groups excluding tert-OH is 1. The van der Waals surface area contributed by atoms with Crippen molar-refractivity contribution in [2.75, 3.05) is 26.8 Å². The van der Waals surface area contributed by atoms with Gasteiger partial charge < -0.3 is 9.84 Å². The second-order valence-corrected chi connectivity index (χ2v) is 8.16. The standard InChI is InChI=1S/C14H20BrNO4S/c1-16(8-12-3-2-6-20-10-12)21(18,19)14-7-11(9-17)4-5-13(14)15/h4-5,7,12,17H,2-3,6,8-10H2,1H3. The molecule has 0 radical (unpaired) electrons. The van der Waals surface area contributed by atoms with E-state index in [0.717, 1.165) is 19.4 Å². The summed E-state index contributed by atoms with van der Waals surface area (Å²) in [6.07, 6.45) is 1.96. The van der Waals surface area contributed by atoms with E-state index in [9.17, 15) is 13.5 Å². The molecule has 1 atom stereocenters. The van der Waals surface area contributed by atoms with Gasteiger partial charge in [-0.15, -0.1) is 0 Å². The molecule has 1 saturated heterocycles. The minimum absolute atomic E-state index is 0.185. The Morgan fingerprint density at radius 2 is 2.24 bits per heavy atom. The molecular formula is C14H20BrNO4S. The van der Waals surface area contributed by atoms with Gasteiger partial charge in [-0.3, -0.25) is 0 Å². The lowest BCUT2D eigenvalue weighted by Crippen LogP contribution is -2.35. The highest BCUT2D eigenvalue weighted by Crippen LogP contribution is 2.27. The topological polar surface area (TPSA) is 66.8 Å². The van der Waals surface area contributed by atoms with Crippen LogP contribution in [0.1, 0.15) is 18.4 Å². The zero-order valence-electron chi connectivity index (χ0n) is 12.0. The van der Waals surface area contributed by atoms with Crippen LogP contribution in [0, 0.1) is 5.92 Å². The van der Waals surface area contributed by atoms with Gasteiger partial charge in [-0.05, 0) is 52.4 Å². The number of sulfonamides is 1. The molecule has 1 aromatic rings. The van der Waals surface area contributed by atoms with Gasteiger partial charge in [-0.2, -0.15) is 0 Å². The number of aliphatic hydroxyl groups is 1. The van der Waals surface area contributed by atoms with Crippen LogP contribution in [0.4, 0.5) is 0 Å². The third kappa shape index (κ3) is 4.04. The molecule has 1 N–H and O–H groups in total. The molecular weight excluding hydrogens is 358 g/mol. The molecule has 0 bridgehead atoms. The normalized spacial score (nSPS) is 19.9. The van der Waals surface area contributed by atoms with E-state index in [1.807, 2.05) is 0 Å². The first-order chi connectivity index (χ1) is 9.95. The molecule has 0 amide bonds. The van der Waals surface area contributed by atoms with E-state index < -0.39 is 10.0 Å². The highest BCUT2D eigenvalue weighted by Gasteiger charge is 2.27. The van der Waals surface area contributed by atoms with Gasteiger partial charge in [0.05, 0.1) is 18.1 Å². The fourth-order valence-corrected chi connectivity index (χ4v) is 4.64. The van der Waals surface area contributed by atoms with Crippen molar-refractivity contribution in [2.24, 2.45) is 5.92 Å². The molecule has 1 fully saturated rings. The SMILES string of the molecule is CN(CC1CCCOC1)S(=O)(=O)c1cc(CO)ccc1Br. The van der Waals surface area contributed by atoms with Crippen LogP contribution >= 0.6 is 15.9 Å². The Hall–Kier alpha value is -0.470. The predicted molar refractivity (Wildman–Crippen MR) is 83.4 cm³/mol. The van der Waals surface area contributed by atoms with E-state index in [4.69, 9.17) is 4.74 Å². The first-order valence-corrected chi connectivity index (χ1v) is 9.12. The van der Waals surface area contributed by atoms with Crippen molar-refractivity contribution in [3.63, 3.8) is 0 Å². The summed E-state index contributed by atoms with van der Waals surface area (Å²) in [5.41, 5.74) is 0.575. The molecule has 1 aliphatic heterocycles. The molecule has 1 aromatic carbocycles. The van der Waals surface area contributed by atoms with Gasteiger partial charge in [-0.1, -0.05) is 6.07 Å². The van der Waals surface area contributed by atoms with E-state index in [2.05, 4.69) is 15.9 Å². The molecule has 1 heterocycles. The third-order valence-electron chi connectivity index (χ3n) is 3.64. The predicted octanol–water partition coefficient (Wildman–Crippen LogP) is 1.99. The van der Waals surface area contributed by atoms with E-state index in [-0.39, 0.29) is 17.4 Å². The lowest BCUT2D eigenvalue weighted by molar-refractivity contribution is 0.0495. The van der Waals surface area contributed by atoms with Crippen LogP contribution < -0.4 is 0 Å². The first kappa shape index (κ1) is 16.9. The van der Waals surface area contributed by atoms with Gasteiger partial charge in [0.25, 0.3) is 0 Å². The number of nitrogens with zero attached hydrogens (tertiary/aromatic N) is 1. The number of halogens is 1. The number of rotatable bonds is 5. The Morgan fingerprint density at radius 3 is 2.86 bits per heavy atom. The maximum absolute atomic E-state index is 12.7. The fourth-order valence-electron chi connectivity index (χ4n) is 2.42. The molecule has 5 nitrogen and oxygen atoms in total. The Bertz CT molecular complexity index is 585. The monoisotopic (exact) mass is 377 g/mol. The highest BCUT2D eigenvalue weighted by molar-refractivity contribution is 9.10. The number of benzene rings is 1. The Balaban J connectivity index is 2.20. The van der Waals surface area contributed by atoms with Gasteiger partial charge in [0.1, 0.15) is 0 Å². The molecule has 0 aliphatic carbocycles. The summed E-state index contributed by atoms with van der Waals surface area (Å²) in [4.78, 5) is 0.188. The molecule has 7 heteroatoms. The van der Waals surface area contributed by atoms with Crippen molar-refractivity contribution < 1.29 is 18.3 Å². The molecule has 118 valence electrons. The molecule has 0 saturated carbocycles. The largest absolute Gasteiger partial charge is 0.392 e. The van der Waals surface area contributed by atoms with Crippen molar-refractivity contribution in [3.05, 3.63) is 28.2 Å². The van der Waals surface area contributed by atoms with Crippen LogP contribution in [-0.2, 0) is 21.4 Å². The van der Waals surface area contributed by atoms with Crippen molar-refractivity contribution in [3.8, 4) is 0 Å². The number of hydrogen-bond acceptors (Lipinski definition) is 4. The molecule has 0 aromatic heterocycles. The summed E-state index contributed by atoms with van der Waals surface area (Å²) in [7, 11) is -2.00. The van der Waals surface area contributed by atoms with E-state index in [0.29, 0.717) is 23.2 Å². The van der Waals surface area contributed by atoms with Crippen molar-refractivity contribution in [2.45, 2.75) is 24.3 Å². The minimum Gasteiger partial charge on any atom is -0.392 e. The number of hydrogen-bond donors (Lipinski definition) is 1. The maximum atomic E-state index is 12.7. The smallest absolute Gasteiger partial charge is 0.243 e. The first-order valence-electron chi connectivity index (χ1n) is 6.88. The third-order valence-corrected chi connectivity index (χ3v) is 6.45. The zero-order valence-corrected chi connectivity index (χ0v) is 14.4. The molecule has 2 rings (SSSR count). The second kappa shape index (κ2) is 7.19. The van der Waals surface area contributed by atoms with Gasteiger partial charge in [-0.25, -0.2) is 12.7 Å². The van der Waals surface area contributed by atoms with Crippen LogP contribution in [0.15, 0.2) is 27.6 Å². The minimum atomic E-state index is -3.58. The number of ether oxygens (including phenoxy) is 1. The maximum Gasteiger partial charge on any atom is 0.243 e.